The summed E-state index contributed by atoms with van der Waals surface area (Å²) in [5.74, 6) is 0. The van der Waals surface area contributed by atoms with Crippen molar-refractivity contribution in [2.45, 2.75) is 32.7 Å². The summed E-state index contributed by atoms with van der Waals surface area (Å²) in [5, 5.41) is 3.50. The van der Waals surface area contributed by atoms with Crippen molar-refractivity contribution in [3.63, 3.8) is 0 Å². The summed E-state index contributed by atoms with van der Waals surface area (Å²) < 4.78 is 0. The second-order valence-electron chi connectivity index (χ2n) is 3.83. The van der Waals surface area contributed by atoms with E-state index in [4.69, 9.17) is 0 Å². The number of nitrogens with one attached hydrogen (secondary N) is 1. The van der Waals surface area contributed by atoms with Crippen LogP contribution in [0.25, 0.3) is 0 Å². The molecule has 1 aromatic carbocycles. The number of rotatable bonds is 6. The Hall–Kier alpha value is -1.08. The molecule has 0 saturated carbocycles. The quantitative estimate of drug-likeness (QED) is 0.695. The lowest BCUT2D eigenvalue weighted by Crippen LogP contribution is -2.21. The molecule has 0 heterocycles. The monoisotopic (exact) mass is 203 g/mol. The van der Waals surface area contributed by atoms with Gasteiger partial charge in [0.25, 0.3) is 0 Å². The molecule has 0 saturated heterocycles. The van der Waals surface area contributed by atoms with Crippen molar-refractivity contribution in [2.24, 2.45) is 0 Å². The van der Waals surface area contributed by atoms with Crippen LogP contribution in [0.2, 0.25) is 0 Å². The molecular formula is C14H21N. The molecule has 0 aliphatic carbocycles. The molecule has 82 valence electrons. The molecule has 0 fully saturated rings. The highest BCUT2D eigenvalue weighted by Gasteiger charge is 2.09. The van der Waals surface area contributed by atoms with Gasteiger partial charge in [0.2, 0.25) is 0 Å². The van der Waals surface area contributed by atoms with Crippen LogP contribution in [0.1, 0.15) is 38.3 Å². The first-order chi connectivity index (χ1) is 7.27. The number of benzene rings is 1. The molecule has 1 N–H and O–H groups in total. The summed E-state index contributed by atoms with van der Waals surface area (Å²) >= 11 is 0. The van der Waals surface area contributed by atoms with Gasteiger partial charge in [0, 0.05) is 6.04 Å². The minimum absolute atomic E-state index is 0.420. The summed E-state index contributed by atoms with van der Waals surface area (Å²) in [5.41, 5.74) is 2.67. The van der Waals surface area contributed by atoms with Crippen molar-refractivity contribution in [1.82, 2.24) is 5.32 Å². The van der Waals surface area contributed by atoms with E-state index >= 15 is 0 Å². The molecule has 1 nitrogen and oxygen atoms in total. The van der Waals surface area contributed by atoms with E-state index in [-0.39, 0.29) is 0 Å². The highest BCUT2D eigenvalue weighted by atomic mass is 14.9. The number of hydrogen-bond donors (Lipinski definition) is 1. The lowest BCUT2D eigenvalue weighted by molar-refractivity contribution is 0.543. The van der Waals surface area contributed by atoms with E-state index < -0.39 is 0 Å². The van der Waals surface area contributed by atoms with Gasteiger partial charge >= 0.3 is 0 Å². The molecule has 0 bridgehead atoms. The summed E-state index contributed by atoms with van der Waals surface area (Å²) in [6.07, 6.45) is 2.10. The fourth-order valence-electron chi connectivity index (χ4n) is 1.67. The van der Waals surface area contributed by atoms with Gasteiger partial charge < -0.3 is 5.32 Å². The van der Waals surface area contributed by atoms with Crippen LogP contribution in [0.5, 0.6) is 0 Å². The third-order valence-corrected chi connectivity index (χ3v) is 2.65. The molecular weight excluding hydrogens is 182 g/mol. The van der Waals surface area contributed by atoms with E-state index in [2.05, 4.69) is 56.1 Å². The largest absolute Gasteiger partial charge is 0.310 e. The summed E-state index contributed by atoms with van der Waals surface area (Å²) in [6, 6.07) is 11.0. The molecule has 1 atom stereocenters. The van der Waals surface area contributed by atoms with Crippen LogP contribution < -0.4 is 5.32 Å². The molecule has 15 heavy (non-hydrogen) atoms. The van der Waals surface area contributed by atoms with Crippen molar-refractivity contribution < 1.29 is 0 Å². The normalized spacial score (nSPS) is 12.4. The van der Waals surface area contributed by atoms with Crippen LogP contribution in [0.4, 0.5) is 0 Å². The Morgan fingerprint density at radius 3 is 2.47 bits per heavy atom. The zero-order chi connectivity index (χ0) is 11.1. The Morgan fingerprint density at radius 1 is 1.27 bits per heavy atom. The van der Waals surface area contributed by atoms with E-state index in [9.17, 15) is 0 Å². The van der Waals surface area contributed by atoms with Gasteiger partial charge in [-0.3, -0.25) is 0 Å². The molecule has 0 aromatic heterocycles. The average molecular weight is 203 g/mol. The first kappa shape index (κ1) is 12.0. The number of hydrogen-bond acceptors (Lipinski definition) is 1. The smallest absolute Gasteiger partial charge is 0.0357 e. The Kier molecular flexibility index (Phi) is 5.13. The van der Waals surface area contributed by atoms with Crippen LogP contribution in [0.3, 0.4) is 0 Å². The van der Waals surface area contributed by atoms with E-state index in [0.717, 1.165) is 19.4 Å². The molecule has 0 aliphatic heterocycles. The van der Waals surface area contributed by atoms with Crippen LogP contribution in [-0.4, -0.2) is 6.54 Å². The van der Waals surface area contributed by atoms with E-state index in [1.165, 1.54) is 11.1 Å². The second kappa shape index (κ2) is 6.41. The molecule has 1 heteroatoms. The van der Waals surface area contributed by atoms with Gasteiger partial charge in [0.05, 0.1) is 0 Å². The third-order valence-electron chi connectivity index (χ3n) is 2.65. The van der Waals surface area contributed by atoms with Gasteiger partial charge in [-0.2, -0.15) is 0 Å². The summed E-state index contributed by atoms with van der Waals surface area (Å²) in [7, 11) is 0. The standard InChI is InChI=1S/C14H21N/c1-4-12(3)11-14(15-5-2)13-9-7-6-8-10-13/h6-10,14-15H,3-5,11H2,1-2H3. The van der Waals surface area contributed by atoms with Gasteiger partial charge in [-0.05, 0) is 24.9 Å². The van der Waals surface area contributed by atoms with Crippen LogP contribution in [0, 0.1) is 0 Å². The maximum absolute atomic E-state index is 4.08. The Balaban J connectivity index is 2.70. The minimum Gasteiger partial charge on any atom is -0.310 e. The van der Waals surface area contributed by atoms with Gasteiger partial charge in [-0.15, -0.1) is 0 Å². The highest BCUT2D eigenvalue weighted by Crippen LogP contribution is 2.21. The SMILES string of the molecule is C=C(CC)CC(NCC)c1ccccc1. The van der Waals surface area contributed by atoms with E-state index in [0.29, 0.717) is 6.04 Å². The highest BCUT2D eigenvalue weighted by molar-refractivity contribution is 5.20. The van der Waals surface area contributed by atoms with E-state index in [1.54, 1.807) is 0 Å². The average Bonchev–Trinajstić information content (AvgIpc) is 2.29. The molecule has 1 rings (SSSR count). The van der Waals surface area contributed by atoms with Crippen molar-refractivity contribution in [3.05, 3.63) is 48.0 Å². The molecule has 1 aromatic rings. The zero-order valence-corrected chi connectivity index (χ0v) is 9.79. The van der Waals surface area contributed by atoms with Crippen molar-refractivity contribution in [1.29, 1.82) is 0 Å². The van der Waals surface area contributed by atoms with E-state index in [1.807, 2.05) is 0 Å². The van der Waals surface area contributed by atoms with Crippen molar-refractivity contribution in [2.75, 3.05) is 6.54 Å². The topological polar surface area (TPSA) is 12.0 Å². The Morgan fingerprint density at radius 2 is 1.93 bits per heavy atom. The van der Waals surface area contributed by atoms with Gasteiger partial charge in [0.1, 0.15) is 0 Å². The van der Waals surface area contributed by atoms with Gasteiger partial charge in [-0.25, -0.2) is 0 Å². The Labute approximate surface area is 93.2 Å². The predicted molar refractivity (Wildman–Crippen MR) is 66.9 cm³/mol. The third kappa shape index (κ3) is 3.88. The van der Waals surface area contributed by atoms with Crippen LogP contribution >= 0.6 is 0 Å². The molecule has 0 radical (unpaired) electrons. The van der Waals surface area contributed by atoms with Crippen LogP contribution in [0.15, 0.2) is 42.5 Å². The Bertz CT molecular complexity index is 289. The van der Waals surface area contributed by atoms with Crippen molar-refractivity contribution in [3.8, 4) is 0 Å². The maximum Gasteiger partial charge on any atom is 0.0357 e. The molecule has 1 unspecified atom stereocenters. The van der Waals surface area contributed by atoms with Crippen molar-refractivity contribution >= 4 is 0 Å². The molecule has 0 spiro atoms. The lowest BCUT2D eigenvalue weighted by Gasteiger charge is -2.19. The van der Waals surface area contributed by atoms with Gasteiger partial charge in [-0.1, -0.05) is 56.3 Å². The minimum atomic E-state index is 0.420. The first-order valence-electron chi connectivity index (χ1n) is 5.72. The molecule has 0 amide bonds. The second-order valence-corrected chi connectivity index (χ2v) is 3.83. The summed E-state index contributed by atoms with van der Waals surface area (Å²) in [4.78, 5) is 0. The predicted octanol–water partition coefficient (Wildman–Crippen LogP) is 3.69. The zero-order valence-electron chi connectivity index (χ0n) is 9.79. The summed E-state index contributed by atoms with van der Waals surface area (Å²) in [6.45, 7) is 9.38. The fraction of sp³-hybridized carbons (Fsp3) is 0.429. The van der Waals surface area contributed by atoms with Crippen LogP contribution in [-0.2, 0) is 0 Å². The fourth-order valence-corrected chi connectivity index (χ4v) is 1.67. The molecule has 0 aliphatic rings. The maximum atomic E-state index is 4.08. The lowest BCUT2D eigenvalue weighted by atomic mass is 9.98. The van der Waals surface area contributed by atoms with Gasteiger partial charge in [0.15, 0.2) is 0 Å². The first-order valence-corrected chi connectivity index (χ1v) is 5.72.